The number of hydrogen-bond donors (Lipinski definition) is 1. The molecule has 0 unspecified atom stereocenters. The summed E-state index contributed by atoms with van der Waals surface area (Å²) in [4.78, 5) is 22.9. The van der Waals surface area contributed by atoms with E-state index < -0.39 is 0 Å². The van der Waals surface area contributed by atoms with Gasteiger partial charge in [-0.25, -0.2) is 9.97 Å². The molecule has 1 aliphatic heterocycles. The summed E-state index contributed by atoms with van der Waals surface area (Å²) in [6.45, 7) is 2.67. The van der Waals surface area contributed by atoms with Gasteiger partial charge in [0.25, 0.3) is 5.91 Å². The Kier molecular flexibility index (Phi) is 5.77. The first kappa shape index (κ1) is 16.4. The summed E-state index contributed by atoms with van der Waals surface area (Å²) in [7, 11) is 0. The largest absolute Gasteiger partial charge is 0.357 e. The Morgan fingerprint density at radius 3 is 2.67 bits per heavy atom. The maximum absolute atomic E-state index is 12.3. The van der Waals surface area contributed by atoms with Crippen molar-refractivity contribution in [3.8, 4) is 0 Å². The number of benzene rings is 1. The Balaban J connectivity index is 1.49. The van der Waals surface area contributed by atoms with E-state index >= 15 is 0 Å². The van der Waals surface area contributed by atoms with E-state index in [9.17, 15) is 4.79 Å². The number of carbonyl (C=O) groups excluding carboxylic acids is 1. The molecule has 0 bridgehead atoms. The molecule has 1 saturated heterocycles. The number of aryl methyl sites for hydroxylation is 1. The Morgan fingerprint density at radius 1 is 1.08 bits per heavy atom. The number of nitrogens with one attached hydrogen (secondary N) is 1. The molecule has 1 N–H and O–H groups in total. The van der Waals surface area contributed by atoms with Crippen LogP contribution >= 0.6 is 0 Å². The van der Waals surface area contributed by atoms with E-state index in [0.717, 1.165) is 31.7 Å². The Bertz CT molecular complexity index is 653. The minimum absolute atomic E-state index is 0.122. The summed E-state index contributed by atoms with van der Waals surface area (Å²) in [5.41, 5.74) is 1.74. The molecule has 0 saturated carbocycles. The number of aromatic nitrogens is 2. The van der Waals surface area contributed by atoms with Gasteiger partial charge in [0.05, 0.1) is 0 Å². The first-order valence-electron chi connectivity index (χ1n) is 8.72. The molecule has 126 valence electrons. The minimum Gasteiger partial charge on any atom is -0.357 e. The highest BCUT2D eigenvalue weighted by molar-refractivity contribution is 5.92. The van der Waals surface area contributed by atoms with Crippen LogP contribution in [-0.4, -0.2) is 35.5 Å². The average molecular weight is 324 g/mol. The van der Waals surface area contributed by atoms with Crippen molar-refractivity contribution < 1.29 is 4.79 Å². The monoisotopic (exact) mass is 324 g/mol. The Morgan fingerprint density at radius 2 is 1.88 bits per heavy atom. The lowest BCUT2D eigenvalue weighted by molar-refractivity contribution is 0.0948. The van der Waals surface area contributed by atoms with Crippen LogP contribution in [0.1, 0.15) is 41.7 Å². The number of nitrogens with zero attached hydrogens (tertiary/aromatic N) is 3. The van der Waals surface area contributed by atoms with Gasteiger partial charge in [-0.05, 0) is 37.7 Å². The zero-order valence-corrected chi connectivity index (χ0v) is 13.9. The third-order valence-corrected chi connectivity index (χ3v) is 4.34. The third kappa shape index (κ3) is 4.54. The number of amides is 1. The van der Waals surface area contributed by atoms with Gasteiger partial charge in [0, 0.05) is 25.7 Å². The van der Waals surface area contributed by atoms with Gasteiger partial charge in [-0.1, -0.05) is 30.3 Å². The van der Waals surface area contributed by atoms with Crippen LogP contribution in [0.5, 0.6) is 0 Å². The predicted octanol–water partition coefficient (Wildman–Crippen LogP) is 2.83. The van der Waals surface area contributed by atoms with Gasteiger partial charge in [0.15, 0.2) is 0 Å². The molecule has 0 atom stereocenters. The topological polar surface area (TPSA) is 58.1 Å². The van der Waals surface area contributed by atoms with Gasteiger partial charge in [-0.15, -0.1) is 0 Å². The lowest BCUT2D eigenvalue weighted by Crippen LogP contribution is -2.31. The number of piperidine rings is 1. The molecule has 0 spiro atoms. The molecule has 0 aliphatic carbocycles. The molecule has 5 nitrogen and oxygen atoms in total. The van der Waals surface area contributed by atoms with Crippen molar-refractivity contribution in [3.63, 3.8) is 0 Å². The second kappa shape index (κ2) is 8.43. The second-order valence-electron chi connectivity index (χ2n) is 6.15. The molecule has 24 heavy (non-hydrogen) atoms. The molecular weight excluding hydrogens is 300 g/mol. The third-order valence-electron chi connectivity index (χ3n) is 4.34. The van der Waals surface area contributed by atoms with Gasteiger partial charge < -0.3 is 10.2 Å². The summed E-state index contributed by atoms with van der Waals surface area (Å²) in [5, 5.41) is 2.95. The van der Waals surface area contributed by atoms with E-state index in [1.807, 2.05) is 18.2 Å². The second-order valence-corrected chi connectivity index (χ2v) is 6.15. The number of hydrogen-bond acceptors (Lipinski definition) is 4. The van der Waals surface area contributed by atoms with Crippen molar-refractivity contribution in [1.82, 2.24) is 15.3 Å². The molecule has 0 radical (unpaired) electrons. The Hall–Kier alpha value is -2.43. The fraction of sp³-hybridized carbons (Fsp3) is 0.421. The van der Waals surface area contributed by atoms with Gasteiger partial charge >= 0.3 is 0 Å². The molecule has 1 aliphatic rings. The summed E-state index contributed by atoms with van der Waals surface area (Å²) < 4.78 is 0. The van der Waals surface area contributed by atoms with Crippen LogP contribution in [0, 0.1) is 0 Å². The molecular formula is C19H24N4O. The van der Waals surface area contributed by atoms with Crippen molar-refractivity contribution in [2.75, 3.05) is 24.5 Å². The highest BCUT2D eigenvalue weighted by Gasteiger charge is 2.15. The molecule has 3 rings (SSSR count). The molecule has 2 aromatic rings. The molecule has 2 heterocycles. The van der Waals surface area contributed by atoms with E-state index in [-0.39, 0.29) is 5.91 Å². The van der Waals surface area contributed by atoms with Crippen LogP contribution in [0.25, 0.3) is 0 Å². The summed E-state index contributed by atoms with van der Waals surface area (Å²) in [6.07, 6.45) is 7.01. The lowest BCUT2D eigenvalue weighted by Gasteiger charge is -2.27. The standard InChI is InChI=1S/C19H24N4O/c24-19(20-11-7-10-16-8-3-1-4-9-16)17-14-18(22-15-21-17)23-12-5-2-6-13-23/h1,3-4,8-9,14-15H,2,5-7,10-13H2,(H,20,24). The summed E-state index contributed by atoms with van der Waals surface area (Å²) in [6, 6.07) is 12.1. The van der Waals surface area contributed by atoms with Crippen molar-refractivity contribution in [2.24, 2.45) is 0 Å². The van der Waals surface area contributed by atoms with Crippen LogP contribution in [0.3, 0.4) is 0 Å². The van der Waals surface area contributed by atoms with E-state index in [1.54, 1.807) is 6.07 Å². The van der Waals surface area contributed by atoms with E-state index in [4.69, 9.17) is 0 Å². The molecule has 1 amide bonds. The van der Waals surface area contributed by atoms with Crippen molar-refractivity contribution >= 4 is 11.7 Å². The molecule has 1 aromatic heterocycles. The lowest BCUT2D eigenvalue weighted by atomic mass is 10.1. The van der Waals surface area contributed by atoms with Crippen molar-refractivity contribution in [2.45, 2.75) is 32.1 Å². The highest BCUT2D eigenvalue weighted by Crippen LogP contribution is 2.17. The number of rotatable bonds is 6. The first-order valence-corrected chi connectivity index (χ1v) is 8.72. The van der Waals surface area contributed by atoms with Crippen molar-refractivity contribution in [3.05, 3.63) is 54.0 Å². The quantitative estimate of drug-likeness (QED) is 0.830. The van der Waals surface area contributed by atoms with Gasteiger partial charge in [0.1, 0.15) is 17.8 Å². The fourth-order valence-corrected chi connectivity index (χ4v) is 3.00. The fourth-order valence-electron chi connectivity index (χ4n) is 3.00. The number of anilines is 1. The van der Waals surface area contributed by atoms with Crippen LogP contribution < -0.4 is 10.2 Å². The molecule has 1 aromatic carbocycles. The minimum atomic E-state index is -0.122. The predicted molar refractivity (Wildman–Crippen MR) is 95.2 cm³/mol. The first-order chi connectivity index (χ1) is 11.8. The van der Waals surface area contributed by atoms with E-state index in [0.29, 0.717) is 12.2 Å². The van der Waals surface area contributed by atoms with E-state index in [1.165, 1.54) is 31.2 Å². The van der Waals surface area contributed by atoms with Crippen LogP contribution in [0.4, 0.5) is 5.82 Å². The number of carbonyl (C=O) groups is 1. The zero-order chi connectivity index (χ0) is 16.6. The van der Waals surface area contributed by atoms with Crippen molar-refractivity contribution in [1.29, 1.82) is 0 Å². The van der Waals surface area contributed by atoms with Crippen LogP contribution in [0.15, 0.2) is 42.7 Å². The zero-order valence-electron chi connectivity index (χ0n) is 13.9. The maximum Gasteiger partial charge on any atom is 0.270 e. The van der Waals surface area contributed by atoms with E-state index in [2.05, 4.69) is 32.3 Å². The highest BCUT2D eigenvalue weighted by atomic mass is 16.1. The SMILES string of the molecule is O=C(NCCCc1ccccc1)c1cc(N2CCCCC2)ncn1. The van der Waals surface area contributed by atoms with Gasteiger partial charge in [0.2, 0.25) is 0 Å². The maximum atomic E-state index is 12.3. The normalized spacial score (nSPS) is 14.4. The van der Waals surface area contributed by atoms with Crippen LogP contribution in [0.2, 0.25) is 0 Å². The summed E-state index contributed by atoms with van der Waals surface area (Å²) in [5.74, 6) is 0.739. The van der Waals surface area contributed by atoms with Gasteiger partial charge in [-0.2, -0.15) is 0 Å². The van der Waals surface area contributed by atoms with Crippen LogP contribution in [-0.2, 0) is 6.42 Å². The Labute approximate surface area is 143 Å². The molecule has 5 heteroatoms. The average Bonchev–Trinajstić information content (AvgIpc) is 2.67. The molecule has 1 fully saturated rings. The summed E-state index contributed by atoms with van der Waals surface area (Å²) >= 11 is 0. The smallest absolute Gasteiger partial charge is 0.270 e. The van der Waals surface area contributed by atoms with Gasteiger partial charge in [-0.3, -0.25) is 4.79 Å².